The van der Waals surface area contributed by atoms with E-state index in [1.54, 1.807) is 23.0 Å². The molecule has 0 radical (unpaired) electrons. The average Bonchev–Trinajstić information content (AvgIpc) is 3.55. The van der Waals surface area contributed by atoms with Crippen LogP contribution in [-0.2, 0) is 21.9 Å². The van der Waals surface area contributed by atoms with Gasteiger partial charge in [-0.3, -0.25) is 14.0 Å². The molecule has 4 aliphatic heterocycles. The molecule has 3 aromatic rings. The summed E-state index contributed by atoms with van der Waals surface area (Å²) in [6, 6.07) is 9.53. The number of anilines is 3. The number of nitrogens with one attached hydrogen (secondary N) is 2. The summed E-state index contributed by atoms with van der Waals surface area (Å²) in [5, 5.41) is 7.78. The molecule has 1 spiro atoms. The molecule has 1 amide bonds. The second-order valence-corrected chi connectivity index (χ2v) is 16.1. The number of hydrogen-bond acceptors (Lipinski definition) is 8. The number of aromatic nitrogens is 3. The van der Waals surface area contributed by atoms with Crippen molar-refractivity contribution in [3.63, 3.8) is 0 Å². The molecule has 12 heteroatoms. The Kier molecular flexibility index (Phi) is 7.89. The molecule has 11 nitrogen and oxygen atoms in total. The van der Waals surface area contributed by atoms with Crippen molar-refractivity contribution in [3.05, 3.63) is 47.8 Å². The second-order valence-electron chi connectivity index (χ2n) is 13.2. The van der Waals surface area contributed by atoms with Crippen LogP contribution in [0.1, 0.15) is 61.5 Å². The zero-order chi connectivity index (χ0) is 31.2. The Bertz CT molecular complexity index is 1680. The Morgan fingerprint density at radius 1 is 1.09 bits per heavy atom. The van der Waals surface area contributed by atoms with Gasteiger partial charge in [-0.15, -0.1) is 0 Å². The van der Waals surface area contributed by atoms with Gasteiger partial charge in [0, 0.05) is 55.3 Å². The van der Waals surface area contributed by atoms with Crippen molar-refractivity contribution in [1.29, 1.82) is 0 Å². The highest BCUT2D eigenvalue weighted by Gasteiger charge is 2.39. The first-order valence-electron chi connectivity index (χ1n) is 16.1. The van der Waals surface area contributed by atoms with E-state index in [1.807, 2.05) is 26.1 Å². The van der Waals surface area contributed by atoms with Gasteiger partial charge in [-0.05, 0) is 97.2 Å². The molecule has 7 rings (SSSR count). The molecule has 45 heavy (non-hydrogen) atoms. The van der Waals surface area contributed by atoms with E-state index >= 15 is 0 Å². The van der Waals surface area contributed by atoms with Crippen LogP contribution in [0.3, 0.4) is 0 Å². The fourth-order valence-corrected chi connectivity index (χ4v) is 9.82. The van der Waals surface area contributed by atoms with Gasteiger partial charge in [0.2, 0.25) is 11.8 Å². The molecule has 1 aromatic carbocycles. The number of amides is 1. The molecule has 2 bridgehead atoms. The third-order valence-corrected chi connectivity index (χ3v) is 12.4. The van der Waals surface area contributed by atoms with E-state index in [0.717, 1.165) is 74.4 Å². The minimum atomic E-state index is -2.56. The molecule has 1 atom stereocenters. The van der Waals surface area contributed by atoms with E-state index in [2.05, 4.69) is 43.0 Å². The van der Waals surface area contributed by atoms with Gasteiger partial charge in [0.05, 0.1) is 35.4 Å². The van der Waals surface area contributed by atoms with Crippen LogP contribution >= 0.6 is 0 Å². The summed E-state index contributed by atoms with van der Waals surface area (Å²) in [7, 11) is -0.718. The number of fused-ring (bicyclic) bond motifs is 7. The smallest absolute Gasteiger partial charge is 0.280 e. The molecule has 6 heterocycles. The molecular weight excluding hydrogens is 590 g/mol. The fraction of sp³-hybridized carbons (Fsp3) is 0.515. The molecule has 0 saturated carbocycles. The van der Waals surface area contributed by atoms with Crippen LogP contribution < -0.4 is 19.7 Å². The predicted octanol–water partition coefficient (Wildman–Crippen LogP) is 4.96. The Labute approximate surface area is 265 Å². The molecule has 4 aliphatic rings. The van der Waals surface area contributed by atoms with E-state index in [-0.39, 0.29) is 11.8 Å². The second kappa shape index (κ2) is 11.9. The number of aliphatic imine (C=N–C) groups is 1. The SMILES string of the molecule is Cc1cc2cc(n1)-c1cnn(C)c1OCCC[C@@H](C)CN1/C(=N/C2=O)Nc2ccc(N[SH]3(=O)CCC4(CCOCC4)CC3)cc21. The summed E-state index contributed by atoms with van der Waals surface area (Å²) >= 11 is 0. The van der Waals surface area contributed by atoms with Crippen LogP contribution in [0, 0.1) is 18.3 Å². The van der Waals surface area contributed by atoms with Gasteiger partial charge in [0.25, 0.3) is 5.91 Å². The van der Waals surface area contributed by atoms with Gasteiger partial charge < -0.3 is 24.4 Å². The largest absolute Gasteiger partial charge is 0.477 e. The maximum Gasteiger partial charge on any atom is 0.280 e. The first-order chi connectivity index (χ1) is 21.7. The van der Waals surface area contributed by atoms with Crippen molar-refractivity contribution < 1.29 is 18.5 Å². The lowest BCUT2D eigenvalue weighted by atomic mass is 9.75. The van der Waals surface area contributed by atoms with Crippen LogP contribution in [0.4, 0.5) is 17.1 Å². The van der Waals surface area contributed by atoms with E-state index in [4.69, 9.17) is 9.47 Å². The third-order valence-electron chi connectivity index (χ3n) is 9.83. The van der Waals surface area contributed by atoms with E-state index in [9.17, 15) is 9.00 Å². The molecule has 240 valence electrons. The number of thiol groups is 1. The zero-order valence-corrected chi connectivity index (χ0v) is 27.2. The monoisotopic (exact) mass is 633 g/mol. The number of carbonyl (C=O) groups is 1. The maximum atomic E-state index is 14.0. The van der Waals surface area contributed by atoms with Crippen molar-refractivity contribution in [3.8, 4) is 17.1 Å². The Morgan fingerprint density at radius 2 is 1.89 bits per heavy atom. The number of ether oxygens (including phenoxy) is 2. The third kappa shape index (κ3) is 6.09. The van der Waals surface area contributed by atoms with Gasteiger partial charge in [0.1, 0.15) is 0 Å². The lowest BCUT2D eigenvalue weighted by Crippen LogP contribution is -2.43. The Balaban J connectivity index is 1.17. The van der Waals surface area contributed by atoms with Gasteiger partial charge in [-0.25, -0.2) is 4.68 Å². The minimum absolute atomic E-state index is 0.284. The lowest BCUT2D eigenvalue weighted by Gasteiger charge is -2.44. The topological polar surface area (TPSA) is 123 Å². The highest BCUT2D eigenvalue weighted by molar-refractivity contribution is 8.04. The lowest BCUT2D eigenvalue weighted by molar-refractivity contribution is 0.00977. The number of carbonyl (C=O) groups excluding carboxylic acids is 1. The van der Waals surface area contributed by atoms with Gasteiger partial charge in [0.15, 0.2) is 0 Å². The molecule has 2 saturated heterocycles. The summed E-state index contributed by atoms with van der Waals surface area (Å²) in [4.78, 5) is 25.1. The van der Waals surface area contributed by atoms with Gasteiger partial charge in [-0.1, -0.05) is 6.92 Å². The van der Waals surface area contributed by atoms with Crippen LogP contribution in [0.25, 0.3) is 11.3 Å². The first-order valence-corrected chi connectivity index (χ1v) is 18.2. The molecule has 2 aromatic heterocycles. The number of pyridine rings is 1. The summed E-state index contributed by atoms with van der Waals surface area (Å²) in [6.07, 6.45) is 7.62. The first kappa shape index (κ1) is 29.9. The van der Waals surface area contributed by atoms with Crippen molar-refractivity contribution in [2.45, 2.75) is 52.4 Å². The predicted molar refractivity (Wildman–Crippen MR) is 179 cm³/mol. The Hall–Kier alpha value is -3.77. The van der Waals surface area contributed by atoms with Crippen LogP contribution in [0.15, 0.2) is 41.5 Å². The molecule has 2 N–H and O–H groups in total. The highest BCUT2D eigenvalue weighted by Crippen LogP contribution is 2.44. The Morgan fingerprint density at radius 3 is 2.69 bits per heavy atom. The number of aryl methyl sites for hydroxylation is 2. The normalized spacial score (nSPS) is 24.4. The fourth-order valence-electron chi connectivity index (χ4n) is 7.10. The summed E-state index contributed by atoms with van der Waals surface area (Å²) < 4.78 is 31.0. The maximum absolute atomic E-state index is 14.0. The zero-order valence-electron chi connectivity index (χ0n) is 26.3. The van der Waals surface area contributed by atoms with Crippen molar-refractivity contribution in [1.82, 2.24) is 14.8 Å². The number of benzene rings is 1. The summed E-state index contributed by atoms with van der Waals surface area (Å²) in [6.45, 7) is 6.91. The number of nitrogens with zero attached hydrogens (tertiary/aromatic N) is 5. The molecule has 0 aliphatic carbocycles. The minimum Gasteiger partial charge on any atom is -0.477 e. The number of guanidine groups is 1. The van der Waals surface area contributed by atoms with Crippen LogP contribution in [0.2, 0.25) is 0 Å². The van der Waals surface area contributed by atoms with E-state index in [1.165, 1.54) is 0 Å². The van der Waals surface area contributed by atoms with Gasteiger partial charge >= 0.3 is 0 Å². The number of rotatable bonds is 2. The molecule has 2 fully saturated rings. The summed E-state index contributed by atoms with van der Waals surface area (Å²) in [5.41, 5.74) is 5.46. The van der Waals surface area contributed by atoms with Crippen molar-refractivity contribution in [2.24, 2.45) is 23.4 Å². The quantitative estimate of drug-likeness (QED) is 0.339. The van der Waals surface area contributed by atoms with E-state index < -0.39 is 10.1 Å². The molecular formula is C33H43N7O4S. The van der Waals surface area contributed by atoms with Crippen LogP contribution in [0.5, 0.6) is 5.88 Å². The van der Waals surface area contributed by atoms with Gasteiger partial charge in [-0.2, -0.15) is 10.1 Å². The number of hydrogen-bond donors (Lipinski definition) is 3. The van der Waals surface area contributed by atoms with Crippen molar-refractivity contribution >= 4 is 39.0 Å². The summed E-state index contributed by atoms with van der Waals surface area (Å²) in [5.74, 6) is 2.47. The average molecular weight is 634 g/mol. The van der Waals surface area contributed by atoms with Crippen molar-refractivity contribution in [2.75, 3.05) is 52.8 Å². The molecule has 0 unspecified atom stereocenters. The van der Waals surface area contributed by atoms with E-state index in [0.29, 0.717) is 58.9 Å². The standard InChI is InChI=1S/C33H43N7O4S/c1-22-5-4-12-44-31-26(20-34-39(31)3)28-18-24(17-23(2)35-28)30(41)37-32-36-27-7-6-25(19-29(27)40(32)21-22)38-45(42)15-10-33(11-16-45)8-13-43-14-9-33/h6-7,17-20,22,45H,4-5,8-16,21H2,1-3H3,(H,38,42)(H,36,37,41)/t22-/m1/s1. The highest BCUT2D eigenvalue weighted by atomic mass is 32.3. The van der Waals surface area contributed by atoms with Crippen LogP contribution in [-0.4, -0.2) is 68.7 Å².